The molecule has 2 rings (SSSR count). The molecular weight excluding hydrogens is 201 g/mol. The summed E-state index contributed by atoms with van der Waals surface area (Å²) in [6.07, 6.45) is 1.74. The molecule has 80 valence electrons. The van der Waals surface area contributed by atoms with Crippen LogP contribution in [0, 0.1) is 17.6 Å². The van der Waals surface area contributed by atoms with Gasteiger partial charge >= 0.3 is 0 Å². The monoisotopic (exact) mass is 212 g/mol. The van der Waals surface area contributed by atoms with Crippen molar-refractivity contribution in [3.05, 3.63) is 29.8 Å². The van der Waals surface area contributed by atoms with E-state index in [-0.39, 0.29) is 11.7 Å². The van der Waals surface area contributed by atoms with Crippen molar-refractivity contribution in [1.29, 1.82) is 0 Å². The lowest BCUT2D eigenvalue weighted by atomic mass is 9.89. The first-order valence-electron chi connectivity index (χ1n) is 4.85. The van der Waals surface area contributed by atoms with E-state index in [9.17, 15) is 13.9 Å². The fourth-order valence-electron chi connectivity index (χ4n) is 1.48. The summed E-state index contributed by atoms with van der Waals surface area (Å²) < 4.78 is 30.9. The quantitative estimate of drug-likeness (QED) is 0.598. The Morgan fingerprint density at radius 1 is 1.40 bits per heavy atom. The van der Waals surface area contributed by atoms with Gasteiger partial charge in [-0.1, -0.05) is 0 Å². The highest BCUT2D eigenvalue weighted by molar-refractivity contribution is 6.13. The van der Waals surface area contributed by atoms with Gasteiger partial charge in [0, 0.05) is 12.0 Å². The zero-order valence-electron chi connectivity index (χ0n) is 8.34. The van der Waals surface area contributed by atoms with Gasteiger partial charge in [-0.2, -0.15) is 0 Å². The number of hydrogen-bond donors (Lipinski definition) is 1. The maximum Gasteiger partial charge on any atom is 0.195 e. The van der Waals surface area contributed by atoms with E-state index in [1.54, 1.807) is 0 Å². The van der Waals surface area contributed by atoms with Crippen LogP contribution in [0.15, 0.2) is 18.2 Å². The van der Waals surface area contributed by atoms with Crippen LogP contribution in [0.2, 0.25) is 0 Å². The molecule has 1 aromatic carbocycles. The molecule has 0 saturated heterocycles. The Morgan fingerprint density at radius 3 is 2.60 bits per heavy atom. The predicted octanol–water partition coefficient (Wildman–Crippen LogP) is 1.03. The molecule has 1 N–H and O–H groups in total. The van der Waals surface area contributed by atoms with Gasteiger partial charge in [0.2, 0.25) is 0 Å². The highest BCUT2D eigenvalue weighted by Crippen LogP contribution is 2.39. The second-order valence-electron chi connectivity index (χ2n) is 4.01. The highest BCUT2D eigenvalue weighted by atomic mass is 19.1. The highest BCUT2D eigenvalue weighted by Gasteiger charge is 2.42. The molecular formula is C10H11BF2O2. The standard InChI is InChI=1S/C10H11BF2O2/c11-10(14,6-1-2-6)15-9-4-3-7(12)5-8(9)13/h3-6,14H,1-2,11H2. The number of aliphatic hydroxyl groups is 1. The van der Waals surface area contributed by atoms with E-state index in [0.29, 0.717) is 0 Å². The Labute approximate surface area is 87.3 Å². The largest absolute Gasteiger partial charge is 0.468 e. The van der Waals surface area contributed by atoms with Crippen LogP contribution in [-0.2, 0) is 0 Å². The van der Waals surface area contributed by atoms with Crippen molar-refractivity contribution >= 4 is 7.85 Å². The molecule has 1 aliphatic carbocycles. The van der Waals surface area contributed by atoms with E-state index in [1.165, 1.54) is 13.9 Å². The third-order valence-electron chi connectivity index (χ3n) is 2.55. The Balaban J connectivity index is 2.16. The van der Waals surface area contributed by atoms with Gasteiger partial charge < -0.3 is 9.84 Å². The first kappa shape index (κ1) is 10.4. The number of ether oxygens (including phenoxy) is 1. The van der Waals surface area contributed by atoms with Crippen LogP contribution < -0.4 is 4.74 Å². The van der Waals surface area contributed by atoms with Crippen LogP contribution in [-0.4, -0.2) is 18.6 Å². The average Bonchev–Trinajstić information content (AvgIpc) is 2.92. The zero-order chi connectivity index (χ0) is 11.1. The smallest absolute Gasteiger partial charge is 0.195 e. The Morgan fingerprint density at radius 2 is 2.07 bits per heavy atom. The summed E-state index contributed by atoms with van der Waals surface area (Å²) in [5.74, 6) is -1.53. The maximum absolute atomic E-state index is 13.2. The van der Waals surface area contributed by atoms with E-state index in [2.05, 4.69) is 0 Å². The normalized spacial score (nSPS) is 19.7. The Hall–Kier alpha value is -1.10. The molecule has 1 aromatic rings. The van der Waals surface area contributed by atoms with Gasteiger partial charge in [-0.25, -0.2) is 8.78 Å². The van der Waals surface area contributed by atoms with Crippen molar-refractivity contribution < 1.29 is 18.6 Å². The van der Waals surface area contributed by atoms with Gasteiger partial charge in [0.15, 0.2) is 25.1 Å². The molecule has 0 heterocycles. The van der Waals surface area contributed by atoms with Gasteiger partial charge in [-0.3, -0.25) is 0 Å². The summed E-state index contributed by atoms with van der Waals surface area (Å²) in [5, 5.41) is 9.82. The van der Waals surface area contributed by atoms with Gasteiger partial charge in [-0.15, -0.1) is 0 Å². The molecule has 1 saturated carbocycles. The fourth-order valence-corrected chi connectivity index (χ4v) is 1.48. The van der Waals surface area contributed by atoms with Gasteiger partial charge in [0.05, 0.1) is 0 Å². The summed E-state index contributed by atoms with van der Waals surface area (Å²) in [5.41, 5.74) is -1.36. The predicted molar refractivity (Wildman–Crippen MR) is 53.2 cm³/mol. The SMILES string of the molecule is BC(O)(Oc1ccc(F)cc1F)C1CC1. The van der Waals surface area contributed by atoms with Crippen molar-refractivity contribution in [2.75, 3.05) is 0 Å². The lowest BCUT2D eigenvalue weighted by molar-refractivity contribution is -0.0811. The Bertz CT molecular complexity index is 378. The minimum atomic E-state index is -1.36. The maximum atomic E-state index is 13.2. The van der Waals surface area contributed by atoms with Crippen LogP contribution in [0.5, 0.6) is 5.75 Å². The van der Waals surface area contributed by atoms with Crippen LogP contribution in [0.1, 0.15) is 12.8 Å². The summed E-state index contributed by atoms with van der Waals surface area (Å²) in [4.78, 5) is 0. The summed E-state index contributed by atoms with van der Waals surface area (Å²) in [6.45, 7) is 0. The number of benzene rings is 1. The lowest BCUT2D eigenvalue weighted by Crippen LogP contribution is -2.39. The molecule has 0 aromatic heterocycles. The van der Waals surface area contributed by atoms with Crippen molar-refractivity contribution in [3.63, 3.8) is 0 Å². The van der Waals surface area contributed by atoms with Crippen molar-refractivity contribution in [2.45, 2.75) is 18.5 Å². The van der Waals surface area contributed by atoms with Crippen molar-refractivity contribution in [2.24, 2.45) is 5.92 Å². The van der Waals surface area contributed by atoms with Gasteiger partial charge in [0.1, 0.15) is 5.82 Å². The molecule has 0 radical (unpaired) electrons. The molecule has 1 atom stereocenters. The first-order valence-corrected chi connectivity index (χ1v) is 4.85. The van der Waals surface area contributed by atoms with Crippen LogP contribution in [0.3, 0.4) is 0 Å². The molecule has 0 bridgehead atoms. The van der Waals surface area contributed by atoms with Crippen LogP contribution >= 0.6 is 0 Å². The number of halogens is 2. The topological polar surface area (TPSA) is 29.5 Å². The third kappa shape index (κ3) is 2.29. The molecule has 5 heteroatoms. The van der Waals surface area contributed by atoms with Gasteiger partial charge in [-0.05, 0) is 25.0 Å². The van der Waals surface area contributed by atoms with Crippen LogP contribution in [0.4, 0.5) is 8.78 Å². The molecule has 0 spiro atoms. The molecule has 1 unspecified atom stereocenters. The molecule has 1 aliphatic rings. The summed E-state index contributed by atoms with van der Waals surface area (Å²) in [7, 11) is 1.49. The first-order chi connectivity index (χ1) is 6.99. The number of rotatable bonds is 3. The average molecular weight is 212 g/mol. The molecule has 2 nitrogen and oxygen atoms in total. The molecule has 1 fully saturated rings. The molecule has 0 amide bonds. The Kier molecular flexibility index (Phi) is 2.42. The van der Waals surface area contributed by atoms with Crippen molar-refractivity contribution in [1.82, 2.24) is 0 Å². The summed E-state index contributed by atoms with van der Waals surface area (Å²) in [6, 6.07) is 3.02. The van der Waals surface area contributed by atoms with Gasteiger partial charge in [0.25, 0.3) is 0 Å². The fraction of sp³-hybridized carbons (Fsp3) is 0.400. The molecule has 0 aliphatic heterocycles. The van der Waals surface area contributed by atoms with E-state index in [4.69, 9.17) is 4.74 Å². The second kappa shape index (κ2) is 3.49. The van der Waals surface area contributed by atoms with E-state index in [1.807, 2.05) is 0 Å². The number of hydrogen-bond acceptors (Lipinski definition) is 2. The van der Waals surface area contributed by atoms with Crippen LogP contribution in [0.25, 0.3) is 0 Å². The molecule has 15 heavy (non-hydrogen) atoms. The van der Waals surface area contributed by atoms with E-state index in [0.717, 1.165) is 25.0 Å². The third-order valence-corrected chi connectivity index (χ3v) is 2.55. The van der Waals surface area contributed by atoms with E-state index >= 15 is 0 Å². The van der Waals surface area contributed by atoms with E-state index < -0.39 is 17.3 Å². The lowest BCUT2D eigenvalue weighted by Gasteiger charge is -2.25. The van der Waals surface area contributed by atoms with Crippen molar-refractivity contribution in [3.8, 4) is 5.75 Å². The minimum Gasteiger partial charge on any atom is -0.468 e. The summed E-state index contributed by atoms with van der Waals surface area (Å²) >= 11 is 0. The second-order valence-corrected chi connectivity index (χ2v) is 4.01. The minimum absolute atomic E-state index is 0.0435. The zero-order valence-corrected chi connectivity index (χ0v) is 8.34.